The highest BCUT2D eigenvalue weighted by molar-refractivity contribution is 5.84. The molecule has 0 aliphatic heterocycles. The van der Waals surface area contributed by atoms with Crippen LogP contribution in [0.4, 0.5) is 0 Å². The SMILES string of the molecule is CCN(CC)C(=O)[C@@H]1CC[C@](C)(C(=O)O)C1(C)C. The van der Waals surface area contributed by atoms with E-state index in [1.165, 1.54) is 0 Å². The Bertz CT molecular complexity index is 347. The van der Waals surface area contributed by atoms with Gasteiger partial charge in [-0.25, -0.2) is 0 Å². The molecule has 0 spiro atoms. The van der Waals surface area contributed by atoms with Crippen LogP contribution in [-0.4, -0.2) is 35.0 Å². The van der Waals surface area contributed by atoms with E-state index in [9.17, 15) is 14.7 Å². The van der Waals surface area contributed by atoms with Crippen molar-refractivity contribution < 1.29 is 14.7 Å². The van der Waals surface area contributed by atoms with Crippen LogP contribution in [0.15, 0.2) is 0 Å². The summed E-state index contributed by atoms with van der Waals surface area (Å²) in [4.78, 5) is 25.8. The van der Waals surface area contributed by atoms with Crippen molar-refractivity contribution in [2.45, 2.75) is 47.5 Å². The van der Waals surface area contributed by atoms with E-state index in [-0.39, 0.29) is 11.8 Å². The fourth-order valence-corrected chi connectivity index (χ4v) is 3.07. The molecule has 0 saturated heterocycles. The van der Waals surface area contributed by atoms with Crippen molar-refractivity contribution in [3.63, 3.8) is 0 Å². The van der Waals surface area contributed by atoms with E-state index in [1.54, 1.807) is 11.8 Å². The molecule has 0 unspecified atom stereocenters. The van der Waals surface area contributed by atoms with Crippen LogP contribution >= 0.6 is 0 Å². The molecule has 0 aromatic carbocycles. The quantitative estimate of drug-likeness (QED) is 0.839. The van der Waals surface area contributed by atoms with Gasteiger partial charge in [-0.3, -0.25) is 9.59 Å². The zero-order valence-corrected chi connectivity index (χ0v) is 12.1. The number of hydrogen-bond donors (Lipinski definition) is 1. The second-order valence-corrected chi connectivity index (χ2v) is 5.96. The number of aliphatic carboxylic acids is 1. The van der Waals surface area contributed by atoms with Crippen molar-refractivity contribution in [3.8, 4) is 0 Å². The van der Waals surface area contributed by atoms with Crippen molar-refractivity contribution in [1.82, 2.24) is 4.90 Å². The molecular weight excluding hydrogens is 230 g/mol. The molecule has 1 rings (SSSR count). The molecule has 0 aromatic rings. The summed E-state index contributed by atoms with van der Waals surface area (Å²) in [5.74, 6) is -0.865. The third kappa shape index (κ3) is 2.02. The summed E-state index contributed by atoms with van der Waals surface area (Å²) in [5, 5.41) is 9.44. The van der Waals surface area contributed by atoms with Crippen LogP contribution in [0.5, 0.6) is 0 Å². The Balaban J connectivity index is 3.02. The van der Waals surface area contributed by atoms with Crippen LogP contribution in [0.2, 0.25) is 0 Å². The molecule has 0 heterocycles. The highest BCUT2D eigenvalue weighted by Crippen LogP contribution is 2.56. The Morgan fingerprint density at radius 1 is 1.22 bits per heavy atom. The van der Waals surface area contributed by atoms with E-state index in [1.807, 2.05) is 27.7 Å². The van der Waals surface area contributed by atoms with Crippen LogP contribution in [0.25, 0.3) is 0 Å². The predicted octanol–water partition coefficient (Wildman–Crippen LogP) is 2.38. The Hall–Kier alpha value is -1.06. The summed E-state index contributed by atoms with van der Waals surface area (Å²) in [6.07, 6.45) is 1.25. The summed E-state index contributed by atoms with van der Waals surface area (Å²) < 4.78 is 0. The Morgan fingerprint density at radius 2 is 1.72 bits per heavy atom. The van der Waals surface area contributed by atoms with Gasteiger partial charge in [0.2, 0.25) is 5.91 Å². The van der Waals surface area contributed by atoms with Gasteiger partial charge in [-0.05, 0) is 39.0 Å². The summed E-state index contributed by atoms with van der Waals surface area (Å²) >= 11 is 0. The number of rotatable bonds is 4. The molecule has 0 aromatic heterocycles. The third-order valence-corrected chi connectivity index (χ3v) is 5.07. The zero-order valence-electron chi connectivity index (χ0n) is 12.1. The van der Waals surface area contributed by atoms with E-state index in [0.29, 0.717) is 25.9 Å². The van der Waals surface area contributed by atoms with Gasteiger partial charge >= 0.3 is 5.97 Å². The molecule has 1 saturated carbocycles. The number of amides is 1. The topological polar surface area (TPSA) is 57.6 Å². The monoisotopic (exact) mass is 255 g/mol. The second-order valence-electron chi connectivity index (χ2n) is 5.96. The van der Waals surface area contributed by atoms with Crippen molar-refractivity contribution >= 4 is 11.9 Å². The van der Waals surface area contributed by atoms with Crippen molar-refractivity contribution in [2.24, 2.45) is 16.7 Å². The van der Waals surface area contributed by atoms with Crippen LogP contribution in [0.1, 0.15) is 47.5 Å². The molecule has 4 heteroatoms. The standard InChI is InChI=1S/C14H25NO3/c1-6-15(7-2)11(16)10-8-9-14(5,12(17)18)13(10,3)4/h10H,6-9H2,1-5H3,(H,17,18)/t10-,14+/m0/s1. The van der Waals surface area contributed by atoms with Gasteiger partial charge in [0.25, 0.3) is 0 Å². The maximum atomic E-state index is 12.5. The minimum Gasteiger partial charge on any atom is -0.481 e. The number of carboxylic acid groups (broad SMARTS) is 1. The predicted molar refractivity (Wildman–Crippen MR) is 70.2 cm³/mol. The van der Waals surface area contributed by atoms with Gasteiger partial charge in [-0.2, -0.15) is 0 Å². The number of carboxylic acids is 1. The first kappa shape index (κ1) is 15.0. The Labute approximate surface area is 109 Å². The van der Waals surface area contributed by atoms with E-state index in [4.69, 9.17) is 0 Å². The lowest BCUT2D eigenvalue weighted by molar-refractivity contribution is -0.156. The first-order valence-corrected chi connectivity index (χ1v) is 6.74. The summed E-state index contributed by atoms with van der Waals surface area (Å²) in [5.41, 5.74) is -1.31. The van der Waals surface area contributed by atoms with E-state index in [2.05, 4.69) is 0 Å². The molecule has 1 N–H and O–H groups in total. The average Bonchev–Trinajstić information content (AvgIpc) is 2.53. The molecule has 4 nitrogen and oxygen atoms in total. The van der Waals surface area contributed by atoms with Gasteiger partial charge in [0.05, 0.1) is 5.41 Å². The lowest BCUT2D eigenvalue weighted by atomic mass is 9.65. The van der Waals surface area contributed by atoms with Gasteiger partial charge in [-0.15, -0.1) is 0 Å². The fourth-order valence-electron chi connectivity index (χ4n) is 3.07. The van der Waals surface area contributed by atoms with E-state index < -0.39 is 16.8 Å². The van der Waals surface area contributed by atoms with Crippen LogP contribution in [-0.2, 0) is 9.59 Å². The molecule has 0 radical (unpaired) electrons. The number of carbonyl (C=O) groups is 2. The molecule has 1 amide bonds. The molecule has 1 aliphatic carbocycles. The minimum absolute atomic E-state index is 0.106. The normalized spacial score (nSPS) is 30.2. The number of nitrogens with zero attached hydrogens (tertiary/aromatic N) is 1. The molecule has 2 atom stereocenters. The fraction of sp³-hybridized carbons (Fsp3) is 0.857. The van der Waals surface area contributed by atoms with E-state index in [0.717, 1.165) is 0 Å². The smallest absolute Gasteiger partial charge is 0.309 e. The van der Waals surface area contributed by atoms with Gasteiger partial charge in [-0.1, -0.05) is 13.8 Å². The lowest BCUT2D eigenvalue weighted by Gasteiger charge is -2.39. The molecule has 104 valence electrons. The van der Waals surface area contributed by atoms with Gasteiger partial charge in [0, 0.05) is 19.0 Å². The average molecular weight is 255 g/mol. The zero-order chi connectivity index (χ0) is 14.1. The summed E-state index contributed by atoms with van der Waals surface area (Å²) in [7, 11) is 0. The Kier molecular flexibility index (Phi) is 4.08. The van der Waals surface area contributed by atoms with E-state index >= 15 is 0 Å². The van der Waals surface area contributed by atoms with Gasteiger partial charge < -0.3 is 10.0 Å². The van der Waals surface area contributed by atoms with Crippen LogP contribution < -0.4 is 0 Å². The first-order chi connectivity index (χ1) is 8.22. The number of hydrogen-bond acceptors (Lipinski definition) is 2. The minimum atomic E-state index is -0.805. The maximum Gasteiger partial charge on any atom is 0.309 e. The summed E-state index contributed by atoms with van der Waals surface area (Å²) in [6, 6.07) is 0. The highest BCUT2D eigenvalue weighted by atomic mass is 16.4. The van der Waals surface area contributed by atoms with Crippen molar-refractivity contribution in [3.05, 3.63) is 0 Å². The molecule has 18 heavy (non-hydrogen) atoms. The lowest BCUT2D eigenvalue weighted by Crippen LogP contribution is -2.46. The largest absolute Gasteiger partial charge is 0.481 e. The van der Waals surface area contributed by atoms with Crippen LogP contribution in [0.3, 0.4) is 0 Å². The van der Waals surface area contributed by atoms with Crippen molar-refractivity contribution in [1.29, 1.82) is 0 Å². The molecular formula is C14H25NO3. The van der Waals surface area contributed by atoms with Gasteiger partial charge in [0.1, 0.15) is 0 Å². The van der Waals surface area contributed by atoms with Crippen LogP contribution in [0, 0.1) is 16.7 Å². The molecule has 0 bridgehead atoms. The third-order valence-electron chi connectivity index (χ3n) is 5.07. The second kappa shape index (κ2) is 4.90. The van der Waals surface area contributed by atoms with Crippen molar-refractivity contribution in [2.75, 3.05) is 13.1 Å². The number of carbonyl (C=O) groups excluding carboxylic acids is 1. The molecule has 1 fully saturated rings. The Morgan fingerprint density at radius 3 is 2.06 bits per heavy atom. The first-order valence-electron chi connectivity index (χ1n) is 6.74. The highest BCUT2D eigenvalue weighted by Gasteiger charge is 2.58. The van der Waals surface area contributed by atoms with Gasteiger partial charge in [0.15, 0.2) is 0 Å². The molecule has 1 aliphatic rings. The maximum absolute atomic E-state index is 12.5. The summed E-state index contributed by atoms with van der Waals surface area (Å²) in [6.45, 7) is 10.9.